The minimum Gasteiger partial charge on any atom is -0.381 e. The fraction of sp³-hybridized carbons (Fsp3) is 0.583. The second-order valence-corrected chi connectivity index (χ2v) is 5.35. The van der Waals surface area contributed by atoms with Crippen molar-refractivity contribution in [2.24, 2.45) is 5.92 Å². The van der Waals surface area contributed by atoms with E-state index in [0.717, 1.165) is 25.3 Å². The smallest absolute Gasteiger partial charge is 0.0505 e. The summed E-state index contributed by atoms with van der Waals surface area (Å²) in [6, 6.07) is 4.23. The van der Waals surface area contributed by atoms with E-state index in [1.807, 2.05) is 6.20 Å². The van der Waals surface area contributed by atoms with Crippen LogP contribution in [0.25, 0.3) is 0 Å². The van der Waals surface area contributed by atoms with Crippen molar-refractivity contribution < 1.29 is 4.74 Å². The van der Waals surface area contributed by atoms with Crippen LogP contribution < -0.4 is 0 Å². The third-order valence-electron chi connectivity index (χ3n) is 2.85. The molecule has 0 amide bonds. The number of alkyl halides is 1. The molecule has 1 aliphatic rings. The molecule has 0 spiro atoms. The van der Waals surface area contributed by atoms with Gasteiger partial charge in [-0.25, -0.2) is 0 Å². The van der Waals surface area contributed by atoms with E-state index in [1.165, 1.54) is 12.0 Å². The van der Waals surface area contributed by atoms with Gasteiger partial charge < -0.3 is 4.74 Å². The lowest BCUT2D eigenvalue weighted by Crippen LogP contribution is -2.17. The van der Waals surface area contributed by atoms with Crippen LogP contribution >= 0.6 is 15.9 Å². The molecule has 2 rings (SSSR count). The number of hydrogen-bond donors (Lipinski definition) is 0. The Balaban J connectivity index is 1.92. The van der Waals surface area contributed by atoms with Crippen LogP contribution in [0.3, 0.4) is 0 Å². The molecule has 2 heterocycles. The normalized spacial score (nSPS) is 22.9. The predicted molar refractivity (Wildman–Crippen MR) is 64.3 cm³/mol. The molecule has 2 nitrogen and oxygen atoms in total. The quantitative estimate of drug-likeness (QED) is 0.788. The van der Waals surface area contributed by atoms with E-state index in [9.17, 15) is 0 Å². The van der Waals surface area contributed by atoms with Gasteiger partial charge in [-0.3, -0.25) is 4.98 Å². The van der Waals surface area contributed by atoms with Gasteiger partial charge in [-0.2, -0.15) is 0 Å². The fourth-order valence-electron chi connectivity index (χ4n) is 1.82. The van der Waals surface area contributed by atoms with Gasteiger partial charge in [0.25, 0.3) is 0 Å². The summed E-state index contributed by atoms with van der Waals surface area (Å²) in [6.45, 7) is 3.86. The zero-order chi connectivity index (χ0) is 10.7. The molecule has 15 heavy (non-hydrogen) atoms. The van der Waals surface area contributed by atoms with Gasteiger partial charge in [-0.15, -0.1) is 0 Å². The van der Waals surface area contributed by atoms with Gasteiger partial charge in [-0.05, 0) is 30.9 Å². The molecule has 0 saturated carbocycles. The minimum absolute atomic E-state index is 0.496. The fourth-order valence-corrected chi connectivity index (χ4v) is 2.57. The van der Waals surface area contributed by atoms with Gasteiger partial charge in [0, 0.05) is 29.7 Å². The molecule has 0 aliphatic carbocycles. The van der Waals surface area contributed by atoms with Crippen molar-refractivity contribution in [2.45, 2.75) is 24.6 Å². The number of pyridine rings is 1. The summed E-state index contributed by atoms with van der Waals surface area (Å²) in [4.78, 5) is 4.91. The summed E-state index contributed by atoms with van der Waals surface area (Å²) >= 11 is 3.74. The first-order valence-electron chi connectivity index (χ1n) is 5.39. The number of halogens is 1. The summed E-state index contributed by atoms with van der Waals surface area (Å²) < 4.78 is 5.38. The molecule has 1 aliphatic heterocycles. The van der Waals surface area contributed by atoms with Crippen molar-refractivity contribution in [3.8, 4) is 0 Å². The van der Waals surface area contributed by atoms with Gasteiger partial charge in [0.2, 0.25) is 0 Å². The van der Waals surface area contributed by atoms with Gasteiger partial charge in [0.15, 0.2) is 0 Å². The van der Waals surface area contributed by atoms with Crippen LogP contribution in [0.1, 0.15) is 17.7 Å². The van der Waals surface area contributed by atoms with Gasteiger partial charge in [0.1, 0.15) is 0 Å². The van der Waals surface area contributed by atoms with Crippen molar-refractivity contribution >= 4 is 15.9 Å². The van der Waals surface area contributed by atoms with Crippen LogP contribution in [0.15, 0.2) is 18.3 Å². The van der Waals surface area contributed by atoms with Crippen LogP contribution in [-0.4, -0.2) is 23.0 Å². The molecular weight excluding hydrogens is 254 g/mol. The van der Waals surface area contributed by atoms with Gasteiger partial charge in [-0.1, -0.05) is 22.0 Å². The average molecular weight is 270 g/mol. The summed E-state index contributed by atoms with van der Waals surface area (Å²) in [5.74, 6) is 0.646. The highest BCUT2D eigenvalue weighted by Gasteiger charge is 2.23. The van der Waals surface area contributed by atoms with E-state index in [4.69, 9.17) is 4.74 Å². The van der Waals surface area contributed by atoms with Gasteiger partial charge in [0.05, 0.1) is 6.61 Å². The van der Waals surface area contributed by atoms with E-state index in [-0.39, 0.29) is 0 Å². The highest BCUT2D eigenvalue weighted by molar-refractivity contribution is 9.09. The molecule has 0 aromatic carbocycles. The molecule has 82 valence electrons. The molecule has 3 heteroatoms. The zero-order valence-corrected chi connectivity index (χ0v) is 10.5. The maximum Gasteiger partial charge on any atom is 0.0505 e. The van der Waals surface area contributed by atoms with Crippen molar-refractivity contribution in [3.05, 3.63) is 29.6 Å². The predicted octanol–water partition coefficient (Wildman–Crippen LogP) is 2.73. The summed E-state index contributed by atoms with van der Waals surface area (Å²) in [5, 5.41) is 0. The molecule has 1 aromatic rings. The Kier molecular flexibility index (Phi) is 3.76. The lowest BCUT2D eigenvalue weighted by atomic mass is 10.0. The van der Waals surface area contributed by atoms with Crippen LogP contribution in [0.5, 0.6) is 0 Å². The Morgan fingerprint density at radius 2 is 2.47 bits per heavy atom. The standard InChI is InChI=1S/C12H16BrNO/c1-9-2-3-11(14-7-9)6-12(13)10-4-5-15-8-10/h2-3,7,10,12H,4-6,8H2,1H3. The number of aromatic nitrogens is 1. The third-order valence-corrected chi connectivity index (χ3v) is 3.92. The number of aryl methyl sites for hydroxylation is 1. The van der Waals surface area contributed by atoms with Crippen LogP contribution in [0, 0.1) is 12.8 Å². The van der Waals surface area contributed by atoms with E-state index >= 15 is 0 Å². The Bertz CT molecular complexity index is 306. The van der Waals surface area contributed by atoms with E-state index in [1.54, 1.807) is 0 Å². The topological polar surface area (TPSA) is 22.1 Å². The summed E-state index contributed by atoms with van der Waals surface area (Å²) in [6.07, 6.45) is 4.09. The zero-order valence-electron chi connectivity index (χ0n) is 8.95. The Morgan fingerprint density at radius 3 is 3.07 bits per heavy atom. The van der Waals surface area contributed by atoms with E-state index in [0.29, 0.717) is 10.7 Å². The van der Waals surface area contributed by atoms with Crippen molar-refractivity contribution in [1.82, 2.24) is 4.98 Å². The monoisotopic (exact) mass is 269 g/mol. The number of rotatable bonds is 3. The molecule has 1 fully saturated rings. The molecular formula is C12H16BrNO. The number of ether oxygens (including phenoxy) is 1. The first kappa shape index (κ1) is 11.1. The molecule has 0 N–H and O–H groups in total. The highest BCUT2D eigenvalue weighted by atomic mass is 79.9. The second kappa shape index (κ2) is 5.08. The highest BCUT2D eigenvalue weighted by Crippen LogP contribution is 2.25. The molecule has 0 radical (unpaired) electrons. The lowest BCUT2D eigenvalue weighted by molar-refractivity contribution is 0.185. The lowest BCUT2D eigenvalue weighted by Gasteiger charge is -2.15. The SMILES string of the molecule is Cc1ccc(CC(Br)C2CCOC2)nc1. The Hall–Kier alpha value is -0.410. The molecule has 1 saturated heterocycles. The van der Waals surface area contributed by atoms with E-state index in [2.05, 4.69) is 40.0 Å². The largest absolute Gasteiger partial charge is 0.381 e. The average Bonchev–Trinajstić information content (AvgIpc) is 2.74. The van der Waals surface area contributed by atoms with Crippen molar-refractivity contribution in [3.63, 3.8) is 0 Å². The summed E-state index contributed by atoms with van der Waals surface area (Å²) in [7, 11) is 0. The maximum absolute atomic E-state index is 5.38. The first-order chi connectivity index (χ1) is 7.25. The van der Waals surface area contributed by atoms with Crippen LogP contribution in [-0.2, 0) is 11.2 Å². The maximum atomic E-state index is 5.38. The van der Waals surface area contributed by atoms with Gasteiger partial charge >= 0.3 is 0 Å². The molecule has 0 bridgehead atoms. The van der Waals surface area contributed by atoms with Crippen molar-refractivity contribution in [1.29, 1.82) is 0 Å². The molecule has 1 aromatic heterocycles. The van der Waals surface area contributed by atoms with E-state index < -0.39 is 0 Å². The Morgan fingerprint density at radius 1 is 1.60 bits per heavy atom. The van der Waals surface area contributed by atoms with Crippen LogP contribution in [0.2, 0.25) is 0 Å². The first-order valence-corrected chi connectivity index (χ1v) is 6.30. The number of hydrogen-bond acceptors (Lipinski definition) is 2. The number of nitrogens with zero attached hydrogens (tertiary/aromatic N) is 1. The second-order valence-electron chi connectivity index (χ2n) is 4.17. The third kappa shape index (κ3) is 3.02. The minimum atomic E-state index is 0.496. The molecule has 2 unspecified atom stereocenters. The van der Waals surface area contributed by atoms with Crippen LogP contribution in [0.4, 0.5) is 0 Å². The molecule has 2 atom stereocenters. The summed E-state index contributed by atoms with van der Waals surface area (Å²) in [5.41, 5.74) is 2.38. The van der Waals surface area contributed by atoms with Crippen molar-refractivity contribution in [2.75, 3.05) is 13.2 Å². The Labute approximate surface area is 99.2 Å².